The van der Waals surface area contributed by atoms with Crippen LogP contribution in [-0.4, -0.2) is 12.2 Å². The second kappa shape index (κ2) is 7.15. The van der Waals surface area contributed by atoms with Crippen LogP contribution < -0.4 is 0 Å². The lowest BCUT2D eigenvalue weighted by Gasteiger charge is -2.32. The standard InChI is InChI=1S/C19H27ClO/c1-2-3-18-12-13-19(21-18)16-6-4-14(5-7-16)15-8-10-17(20)11-9-15/h8-11,14,16,18-19H,2-7,12-13H2,1H3. The minimum absolute atomic E-state index is 0.549. The summed E-state index contributed by atoms with van der Waals surface area (Å²) in [6, 6.07) is 8.46. The van der Waals surface area contributed by atoms with E-state index in [2.05, 4.69) is 19.1 Å². The molecule has 0 N–H and O–H groups in total. The van der Waals surface area contributed by atoms with Crippen LogP contribution in [0.25, 0.3) is 0 Å². The molecule has 1 saturated carbocycles. The third kappa shape index (κ3) is 3.81. The molecule has 2 heteroatoms. The van der Waals surface area contributed by atoms with E-state index in [4.69, 9.17) is 16.3 Å². The highest BCUT2D eigenvalue weighted by molar-refractivity contribution is 6.30. The molecular formula is C19H27ClO. The Morgan fingerprint density at radius 2 is 1.71 bits per heavy atom. The highest BCUT2D eigenvalue weighted by atomic mass is 35.5. The molecule has 0 aromatic heterocycles. The van der Waals surface area contributed by atoms with Crippen molar-refractivity contribution in [3.05, 3.63) is 34.9 Å². The molecule has 1 saturated heterocycles. The molecule has 3 rings (SSSR count). The zero-order chi connectivity index (χ0) is 14.7. The summed E-state index contributed by atoms with van der Waals surface area (Å²) in [6.07, 6.45) is 11.5. The van der Waals surface area contributed by atoms with E-state index in [0.29, 0.717) is 12.2 Å². The van der Waals surface area contributed by atoms with Gasteiger partial charge in [0, 0.05) is 5.02 Å². The van der Waals surface area contributed by atoms with Gasteiger partial charge in [-0.2, -0.15) is 0 Å². The summed E-state index contributed by atoms with van der Waals surface area (Å²) in [5.74, 6) is 1.53. The first-order valence-electron chi connectivity index (χ1n) is 8.67. The van der Waals surface area contributed by atoms with Crippen LogP contribution in [0.5, 0.6) is 0 Å². The van der Waals surface area contributed by atoms with Gasteiger partial charge in [0.2, 0.25) is 0 Å². The molecule has 116 valence electrons. The maximum Gasteiger partial charge on any atom is 0.0608 e. The van der Waals surface area contributed by atoms with Gasteiger partial charge in [-0.15, -0.1) is 0 Å². The number of hydrogen-bond donors (Lipinski definition) is 0. The van der Waals surface area contributed by atoms with Crippen molar-refractivity contribution in [3.8, 4) is 0 Å². The van der Waals surface area contributed by atoms with Crippen molar-refractivity contribution < 1.29 is 4.74 Å². The van der Waals surface area contributed by atoms with Crippen molar-refractivity contribution in [1.82, 2.24) is 0 Å². The quantitative estimate of drug-likeness (QED) is 0.666. The zero-order valence-electron chi connectivity index (χ0n) is 13.1. The van der Waals surface area contributed by atoms with Gasteiger partial charge in [0.25, 0.3) is 0 Å². The lowest BCUT2D eigenvalue weighted by molar-refractivity contribution is -0.00426. The monoisotopic (exact) mass is 306 g/mol. The van der Waals surface area contributed by atoms with Gasteiger partial charge in [0.1, 0.15) is 0 Å². The molecule has 0 amide bonds. The summed E-state index contributed by atoms with van der Waals surface area (Å²) in [7, 11) is 0. The van der Waals surface area contributed by atoms with Gasteiger partial charge >= 0.3 is 0 Å². The number of hydrogen-bond acceptors (Lipinski definition) is 1. The van der Waals surface area contributed by atoms with Gasteiger partial charge in [-0.1, -0.05) is 37.1 Å². The van der Waals surface area contributed by atoms with E-state index in [1.807, 2.05) is 12.1 Å². The molecule has 0 spiro atoms. The van der Waals surface area contributed by atoms with Crippen molar-refractivity contribution in [2.75, 3.05) is 0 Å². The van der Waals surface area contributed by atoms with Crippen molar-refractivity contribution in [1.29, 1.82) is 0 Å². The Balaban J connectivity index is 1.50. The number of halogens is 1. The van der Waals surface area contributed by atoms with E-state index < -0.39 is 0 Å². The molecule has 1 aromatic carbocycles. The first-order chi connectivity index (χ1) is 10.3. The van der Waals surface area contributed by atoms with Crippen LogP contribution in [0, 0.1) is 5.92 Å². The fourth-order valence-electron chi connectivity index (χ4n) is 4.17. The summed E-state index contributed by atoms with van der Waals surface area (Å²) >= 11 is 5.98. The third-order valence-corrected chi connectivity index (χ3v) is 5.64. The summed E-state index contributed by atoms with van der Waals surface area (Å²) in [4.78, 5) is 0. The van der Waals surface area contributed by atoms with E-state index >= 15 is 0 Å². The number of benzene rings is 1. The maximum absolute atomic E-state index is 6.28. The second-order valence-corrected chi connectivity index (χ2v) is 7.26. The molecule has 1 aliphatic carbocycles. The van der Waals surface area contributed by atoms with Crippen LogP contribution in [-0.2, 0) is 4.74 Å². The van der Waals surface area contributed by atoms with Crippen molar-refractivity contribution in [3.63, 3.8) is 0 Å². The summed E-state index contributed by atoms with van der Waals surface area (Å²) < 4.78 is 6.28. The first-order valence-corrected chi connectivity index (χ1v) is 9.05. The van der Waals surface area contributed by atoms with Crippen LogP contribution in [0.1, 0.15) is 69.8 Å². The SMILES string of the molecule is CCCC1CCC(C2CCC(c3ccc(Cl)cc3)CC2)O1. The molecule has 2 aliphatic rings. The third-order valence-electron chi connectivity index (χ3n) is 5.39. The Morgan fingerprint density at radius 3 is 2.38 bits per heavy atom. The van der Waals surface area contributed by atoms with Gasteiger partial charge in [-0.25, -0.2) is 0 Å². The van der Waals surface area contributed by atoms with Gasteiger partial charge in [0.05, 0.1) is 12.2 Å². The molecule has 0 bridgehead atoms. The lowest BCUT2D eigenvalue weighted by Crippen LogP contribution is -2.25. The molecule has 2 unspecified atom stereocenters. The van der Waals surface area contributed by atoms with Gasteiger partial charge in [-0.3, -0.25) is 0 Å². The topological polar surface area (TPSA) is 9.23 Å². The molecule has 2 fully saturated rings. The first kappa shape index (κ1) is 15.4. The van der Waals surface area contributed by atoms with Gasteiger partial charge < -0.3 is 4.74 Å². The Hall–Kier alpha value is -0.530. The van der Waals surface area contributed by atoms with Crippen molar-refractivity contribution in [2.45, 2.75) is 76.4 Å². The Labute approximate surface area is 134 Å². The minimum Gasteiger partial charge on any atom is -0.375 e. The molecule has 21 heavy (non-hydrogen) atoms. The van der Waals surface area contributed by atoms with Crippen LogP contribution in [0.4, 0.5) is 0 Å². The normalized spacial score (nSPS) is 33.2. The summed E-state index contributed by atoms with van der Waals surface area (Å²) in [6.45, 7) is 2.26. The van der Waals surface area contributed by atoms with Crippen LogP contribution in [0.3, 0.4) is 0 Å². The van der Waals surface area contributed by atoms with Gasteiger partial charge in [-0.05, 0) is 74.5 Å². The predicted molar refractivity (Wildman–Crippen MR) is 89.0 cm³/mol. The number of ether oxygens (including phenoxy) is 1. The molecular weight excluding hydrogens is 280 g/mol. The minimum atomic E-state index is 0.549. The van der Waals surface area contributed by atoms with Crippen LogP contribution >= 0.6 is 11.6 Å². The number of rotatable bonds is 4. The molecule has 1 aromatic rings. The molecule has 1 nitrogen and oxygen atoms in total. The molecule has 0 radical (unpaired) electrons. The van der Waals surface area contributed by atoms with E-state index in [0.717, 1.165) is 16.9 Å². The van der Waals surface area contributed by atoms with E-state index in [1.54, 1.807) is 0 Å². The Bertz CT molecular complexity index is 433. The summed E-state index contributed by atoms with van der Waals surface area (Å²) in [5.41, 5.74) is 1.47. The second-order valence-electron chi connectivity index (χ2n) is 6.83. The van der Waals surface area contributed by atoms with E-state index in [9.17, 15) is 0 Å². The highest BCUT2D eigenvalue weighted by Gasteiger charge is 2.33. The molecule has 2 atom stereocenters. The average Bonchev–Trinajstić information content (AvgIpc) is 2.97. The average molecular weight is 307 g/mol. The van der Waals surface area contributed by atoms with Crippen LogP contribution in [0.15, 0.2) is 24.3 Å². The van der Waals surface area contributed by atoms with E-state index in [-0.39, 0.29) is 0 Å². The maximum atomic E-state index is 6.28. The fraction of sp³-hybridized carbons (Fsp3) is 0.684. The summed E-state index contributed by atoms with van der Waals surface area (Å²) in [5, 5.41) is 0.841. The fourth-order valence-corrected chi connectivity index (χ4v) is 4.30. The predicted octanol–water partition coefficient (Wildman–Crippen LogP) is 5.96. The van der Waals surface area contributed by atoms with Gasteiger partial charge in [0.15, 0.2) is 0 Å². The Morgan fingerprint density at radius 1 is 1.00 bits per heavy atom. The van der Waals surface area contributed by atoms with E-state index in [1.165, 1.54) is 56.9 Å². The highest BCUT2D eigenvalue weighted by Crippen LogP contribution is 2.41. The van der Waals surface area contributed by atoms with Crippen LogP contribution in [0.2, 0.25) is 5.02 Å². The Kier molecular flexibility index (Phi) is 5.24. The van der Waals surface area contributed by atoms with Crippen molar-refractivity contribution >= 4 is 11.6 Å². The lowest BCUT2D eigenvalue weighted by atomic mass is 9.76. The molecule has 1 heterocycles. The molecule has 1 aliphatic heterocycles. The smallest absolute Gasteiger partial charge is 0.0608 e. The zero-order valence-corrected chi connectivity index (χ0v) is 13.8. The van der Waals surface area contributed by atoms with Crippen molar-refractivity contribution in [2.24, 2.45) is 5.92 Å². The largest absolute Gasteiger partial charge is 0.375 e.